The monoisotopic (exact) mass is 414 g/mol. The number of benzene rings is 2. The number of pyridine rings is 1. The van der Waals surface area contributed by atoms with Crippen molar-refractivity contribution in [2.24, 2.45) is 0 Å². The maximum Gasteiger partial charge on any atom is 0.265 e. The number of aromatic nitrogens is 2. The summed E-state index contributed by atoms with van der Waals surface area (Å²) in [5.74, 6) is -0.423. The van der Waals surface area contributed by atoms with Gasteiger partial charge >= 0.3 is 0 Å². The summed E-state index contributed by atoms with van der Waals surface area (Å²) in [7, 11) is 2.07. The predicted molar refractivity (Wildman–Crippen MR) is 120 cm³/mol. The van der Waals surface area contributed by atoms with Crippen LogP contribution in [-0.4, -0.2) is 58.4 Å². The molecule has 0 saturated carbocycles. The van der Waals surface area contributed by atoms with Crippen LogP contribution in [0.15, 0.2) is 65.6 Å². The molecule has 4 aromatic rings. The molecule has 3 heterocycles. The minimum atomic E-state index is -0.338. The number of hydrogen-bond donors (Lipinski definition) is 1. The summed E-state index contributed by atoms with van der Waals surface area (Å²) in [5.41, 5.74) is 2.22. The average molecular weight is 414 g/mol. The molecule has 0 radical (unpaired) electrons. The summed E-state index contributed by atoms with van der Waals surface area (Å²) >= 11 is 0. The molecule has 1 aliphatic heterocycles. The fourth-order valence-electron chi connectivity index (χ4n) is 4.06. The third-order valence-electron chi connectivity index (χ3n) is 5.85. The molecule has 0 unspecified atom stereocenters. The van der Waals surface area contributed by atoms with Gasteiger partial charge in [-0.05, 0) is 37.4 Å². The minimum absolute atomic E-state index is 0.0854. The van der Waals surface area contributed by atoms with Crippen LogP contribution >= 0.6 is 0 Å². The Labute approximate surface area is 178 Å². The molecule has 0 spiro atoms. The Kier molecular flexibility index (Phi) is 4.67. The Morgan fingerprint density at radius 3 is 2.48 bits per heavy atom. The van der Waals surface area contributed by atoms with Gasteiger partial charge in [-0.15, -0.1) is 0 Å². The van der Waals surface area contributed by atoms with Gasteiger partial charge in [0.15, 0.2) is 11.4 Å². The number of aromatic hydroxyl groups is 1. The van der Waals surface area contributed by atoms with Crippen molar-refractivity contribution in [1.29, 1.82) is 0 Å². The van der Waals surface area contributed by atoms with Gasteiger partial charge < -0.3 is 14.9 Å². The molecule has 0 amide bonds. The predicted octanol–water partition coefficient (Wildman–Crippen LogP) is 2.54. The molecule has 0 aliphatic carbocycles. The third-order valence-corrected chi connectivity index (χ3v) is 5.85. The van der Waals surface area contributed by atoms with Crippen LogP contribution in [0.5, 0.6) is 5.75 Å². The van der Waals surface area contributed by atoms with Crippen LogP contribution in [-0.2, 0) is 0 Å². The maximum atomic E-state index is 13.3. The van der Waals surface area contributed by atoms with Gasteiger partial charge in [0.2, 0.25) is 0 Å². The van der Waals surface area contributed by atoms with E-state index in [4.69, 9.17) is 4.98 Å². The number of para-hydroxylation sites is 2. The van der Waals surface area contributed by atoms with Crippen LogP contribution in [0.1, 0.15) is 15.9 Å². The lowest BCUT2D eigenvalue weighted by Crippen LogP contribution is -2.45. The number of phenols is 1. The second-order valence-electron chi connectivity index (χ2n) is 7.88. The summed E-state index contributed by atoms with van der Waals surface area (Å²) in [6.07, 6.45) is 1.53. The van der Waals surface area contributed by atoms with E-state index in [2.05, 4.69) is 16.8 Å². The first-order valence-corrected chi connectivity index (χ1v) is 10.2. The Balaban J connectivity index is 1.77. The molecule has 2 aromatic carbocycles. The van der Waals surface area contributed by atoms with E-state index in [1.54, 1.807) is 36.4 Å². The number of carbonyl (C=O) groups excluding carboxylic acids is 1. The summed E-state index contributed by atoms with van der Waals surface area (Å²) in [5, 5.41) is 10.7. The van der Waals surface area contributed by atoms with Crippen molar-refractivity contribution < 1.29 is 9.90 Å². The standard InChI is InChI=1S/C24H22N4O3/c1-26-10-12-27(13-11-26)20-14-16(22(30)18-7-3-5-9-21(18)29)15-28-23(20)25-19-8-4-2-6-17(19)24(28)31/h2-9,14-15,29H,10-13H2,1H3. The fraction of sp³-hybridized carbons (Fsp3) is 0.208. The first-order chi connectivity index (χ1) is 15.0. The maximum absolute atomic E-state index is 13.3. The number of fused-ring (bicyclic) bond motifs is 2. The van der Waals surface area contributed by atoms with Crippen LogP contribution in [0.3, 0.4) is 0 Å². The quantitative estimate of drug-likeness (QED) is 0.410. The number of nitrogens with zero attached hydrogens (tertiary/aromatic N) is 4. The number of anilines is 1. The van der Waals surface area contributed by atoms with Crippen LogP contribution in [0, 0.1) is 0 Å². The van der Waals surface area contributed by atoms with Crippen molar-refractivity contribution in [2.45, 2.75) is 0 Å². The Morgan fingerprint density at radius 1 is 1.00 bits per heavy atom. The van der Waals surface area contributed by atoms with Gasteiger partial charge in [0.25, 0.3) is 5.56 Å². The minimum Gasteiger partial charge on any atom is -0.507 e. The number of rotatable bonds is 3. The topological polar surface area (TPSA) is 78.1 Å². The van der Waals surface area contributed by atoms with Gasteiger partial charge in [0.1, 0.15) is 5.75 Å². The molecule has 1 aliphatic rings. The van der Waals surface area contributed by atoms with E-state index < -0.39 is 0 Å². The van der Waals surface area contributed by atoms with E-state index in [0.717, 1.165) is 31.9 Å². The van der Waals surface area contributed by atoms with E-state index in [9.17, 15) is 14.7 Å². The molecule has 1 saturated heterocycles. The van der Waals surface area contributed by atoms with Crippen molar-refractivity contribution in [3.05, 3.63) is 82.3 Å². The summed E-state index contributed by atoms with van der Waals surface area (Å²) in [6.45, 7) is 3.29. The van der Waals surface area contributed by atoms with Crippen LogP contribution in [0.2, 0.25) is 0 Å². The largest absolute Gasteiger partial charge is 0.507 e. The summed E-state index contributed by atoms with van der Waals surface area (Å²) < 4.78 is 1.46. The lowest BCUT2D eigenvalue weighted by Gasteiger charge is -2.34. The average Bonchev–Trinajstić information content (AvgIpc) is 2.79. The number of hydrogen-bond acceptors (Lipinski definition) is 6. The third kappa shape index (κ3) is 3.33. The smallest absolute Gasteiger partial charge is 0.265 e. The second kappa shape index (κ2) is 7.52. The molecule has 7 heteroatoms. The first-order valence-electron chi connectivity index (χ1n) is 10.2. The zero-order chi connectivity index (χ0) is 21.5. The Hall–Kier alpha value is -3.71. The number of piperazine rings is 1. The molecule has 5 rings (SSSR count). The van der Waals surface area contributed by atoms with E-state index >= 15 is 0 Å². The molecular formula is C24H22N4O3. The zero-order valence-electron chi connectivity index (χ0n) is 17.2. The number of carbonyl (C=O) groups is 1. The van der Waals surface area contributed by atoms with Gasteiger partial charge in [0, 0.05) is 37.9 Å². The number of phenolic OH excluding ortho intramolecular Hbond substituents is 1. The van der Waals surface area contributed by atoms with E-state index in [1.807, 2.05) is 12.1 Å². The zero-order valence-corrected chi connectivity index (χ0v) is 17.2. The molecule has 1 N–H and O–H groups in total. The lowest BCUT2D eigenvalue weighted by atomic mass is 10.0. The SMILES string of the molecule is CN1CCN(c2cc(C(=O)c3ccccc3O)cn3c(=O)c4ccccc4nc23)CC1. The first kappa shape index (κ1) is 19.3. The highest BCUT2D eigenvalue weighted by Crippen LogP contribution is 2.27. The number of ketones is 1. The van der Waals surface area contributed by atoms with E-state index in [0.29, 0.717) is 22.1 Å². The molecule has 7 nitrogen and oxygen atoms in total. The molecule has 2 aromatic heterocycles. The van der Waals surface area contributed by atoms with Crippen molar-refractivity contribution in [1.82, 2.24) is 14.3 Å². The normalized spacial score (nSPS) is 14.9. The van der Waals surface area contributed by atoms with Crippen LogP contribution in [0.4, 0.5) is 5.69 Å². The molecule has 156 valence electrons. The van der Waals surface area contributed by atoms with Crippen molar-refractivity contribution in [3.63, 3.8) is 0 Å². The Morgan fingerprint density at radius 2 is 1.71 bits per heavy atom. The van der Waals surface area contributed by atoms with Gasteiger partial charge in [-0.25, -0.2) is 4.98 Å². The molecule has 31 heavy (non-hydrogen) atoms. The summed E-state index contributed by atoms with van der Waals surface area (Å²) in [6, 6.07) is 15.5. The van der Waals surface area contributed by atoms with Gasteiger partial charge in [-0.3, -0.25) is 14.0 Å². The molecule has 0 bridgehead atoms. The summed E-state index contributed by atoms with van der Waals surface area (Å²) in [4.78, 5) is 35.7. The van der Waals surface area contributed by atoms with Crippen molar-refractivity contribution in [3.8, 4) is 5.75 Å². The van der Waals surface area contributed by atoms with Crippen molar-refractivity contribution in [2.75, 3.05) is 38.1 Å². The highest BCUT2D eigenvalue weighted by Gasteiger charge is 2.22. The highest BCUT2D eigenvalue weighted by molar-refractivity contribution is 6.11. The molecule has 0 atom stereocenters. The van der Waals surface area contributed by atoms with Crippen LogP contribution < -0.4 is 10.5 Å². The van der Waals surface area contributed by atoms with E-state index in [1.165, 1.54) is 16.7 Å². The fourth-order valence-corrected chi connectivity index (χ4v) is 4.06. The van der Waals surface area contributed by atoms with Crippen LogP contribution in [0.25, 0.3) is 16.6 Å². The van der Waals surface area contributed by atoms with Gasteiger partial charge in [0.05, 0.1) is 22.2 Å². The molecule has 1 fully saturated rings. The second-order valence-corrected chi connectivity index (χ2v) is 7.88. The Bertz CT molecular complexity index is 1370. The van der Waals surface area contributed by atoms with E-state index in [-0.39, 0.29) is 22.7 Å². The number of likely N-dealkylation sites (N-methyl/N-ethyl adjacent to an activating group) is 1. The highest BCUT2D eigenvalue weighted by atomic mass is 16.3. The van der Waals surface area contributed by atoms with Gasteiger partial charge in [-0.1, -0.05) is 24.3 Å². The van der Waals surface area contributed by atoms with Crippen molar-refractivity contribution >= 4 is 28.0 Å². The molecular weight excluding hydrogens is 392 g/mol. The van der Waals surface area contributed by atoms with Gasteiger partial charge in [-0.2, -0.15) is 0 Å². The lowest BCUT2D eigenvalue weighted by molar-refractivity contribution is 0.103.